The fraction of sp³-hybridized carbons (Fsp3) is 0.417. The molecule has 0 bridgehead atoms. The predicted octanol–water partition coefficient (Wildman–Crippen LogP) is 4.12. The molecule has 0 saturated carbocycles. The topological polar surface area (TPSA) is 56.6 Å². The summed E-state index contributed by atoms with van der Waals surface area (Å²) in [7, 11) is 3.30. The van der Waals surface area contributed by atoms with Crippen LogP contribution in [0.25, 0.3) is 11.0 Å². The molecule has 0 aliphatic heterocycles. The number of benzene rings is 2. The van der Waals surface area contributed by atoms with Crippen LogP contribution in [-0.2, 0) is 33.8 Å². The van der Waals surface area contributed by atoms with Gasteiger partial charge in [0.15, 0.2) is 0 Å². The number of hydrogen-bond acceptors (Lipinski definition) is 4. The van der Waals surface area contributed by atoms with Crippen LogP contribution in [0.4, 0.5) is 5.69 Å². The third-order valence-electron chi connectivity index (χ3n) is 5.36. The van der Waals surface area contributed by atoms with Crippen LogP contribution in [0.15, 0.2) is 42.5 Å². The Balaban J connectivity index is 2.06. The first-order chi connectivity index (χ1) is 14.5. The number of para-hydroxylation sites is 3. The summed E-state index contributed by atoms with van der Waals surface area (Å²) in [5.41, 5.74) is 5.00. The van der Waals surface area contributed by atoms with E-state index in [4.69, 9.17) is 9.47 Å². The number of fused-ring (bicyclic) bond motifs is 1. The number of carbonyl (C=O) groups excluding carboxylic acids is 1. The average Bonchev–Trinajstić information content (AvgIpc) is 3.07. The standard InChI is InChI=1S/C24H31N3O3/c1-6-19-11-9-10-17(2)24(19)27(18(3)15-29-4)23(28)14-26-21-13-8-7-12-20(21)25-22(26)16-30-5/h7-13,18H,6,14-16H2,1-5H3/t18-/m0/s1. The van der Waals surface area contributed by atoms with Gasteiger partial charge in [-0.1, -0.05) is 37.3 Å². The third kappa shape index (κ3) is 4.40. The van der Waals surface area contributed by atoms with Crippen LogP contribution in [0.1, 0.15) is 30.8 Å². The van der Waals surface area contributed by atoms with Crippen LogP contribution in [-0.4, -0.2) is 42.3 Å². The predicted molar refractivity (Wildman–Crippen MR) is 120 cm³/mol. The number of ether oxygens (including phenoxy) is 2. The van der Waals surface area contributed by atoms with Crippen LogP contribution >= 0.6 is 0 Å². The average molecular weight is 410 g/mol. The lowest BCUT2D eigenvalue weighted by molar-refractivity contribution is -0.119. The number of hydrogen-bond donors (Lipinski definition) is 0. The van der Waals surface area contributed by atoms with Gasteiger partial charge in [-0.15, -0.1) is 0 Å². The van der Waals surface area contributed by atoms with Crippen LogP contribution in [0, 0.1) is 6.92 Å². The second-order valence-corrected chi connectivity index (χ2v) is 7.54. The molecule has 3 aromatic rings. The second-order valence-electron chi connectivity index (χ2n) is 7.54. The van der Waals surface area contributed by atoms with E-state index < -0.39 is 0 Å². The van der Waals surface area contributed by atoms with Gasteiger partial charge < -0.3 is 18.9 Å². The van der Waals surface area contributed by atoms with Crippen molar-refractivity contribution in [2.75, 3.05) is 25.7 Å². The fourth-order valence-electron chi connectivity index (χ4n) is 4.01. The molecule has 160 valence electrons. The van der Waals surface area contributed by atoms with Gasteiger partial charge >= 0.3 is 0 Å². The van der Waals surface area contributed by atoms with Crippen molar-refractivity contribution in [1.82, 2.24) is 9.55 Å². The SMILES string of the molecule is CCc1cccc(C)c1N(C(=O)Cn1c(COC)nc2ccccc21)[C@@H](C)COC. The van der Waals surface area contributed by atoms with E-state index >= 15 is 0 Å². The first-order valence-corrected chi connectivity index (χ1v) is 10.3. The molecule has 1 atom stereocenters. The minimum atomic E-state index is -0.102. The van der Waals surface area contributed by atoms with Gasteiger partial charge in [0.2, 0.25) is 5.91 Å². The lowest BCUT2D eigenvalue weighted by Gasteiger charge is -2.32. The zero-order valence-corrected chi connectivity index (χ0v) is 18.5. The first kappa shape index (κ1) is 22.0. The van der Waals surface area contributed by atoms with E-state index in [2.05, 4.69) is 31.0 Å². The largest absolute Gasteiger partial charge is 0.383 e. The molecule has 6 heteroatoms. The lowest BCUT2D eigenvalue weighted by Crippen LogP contribution is -2.44. The molecule has 0 aliphatic carbocycles. The molecule has 6 nitrogen and oxygen atoms in total. The van der Waals surface area contributed by atoms with E-state index in [1.165, 1.54) is 0 Å². The Kier molecular flexibility index (Phi) is 7.24. The minimum Gasteiger partial charge on any atom is -0.383 e. The van der Waals surface area contributed by atoms with E-state index in [-0.39, 0.29) is 18.5 Å². The first-order valence-electron chi connectivity index (χ1n) is 10.3. The Bertz CT molecular complexity index is 1010. The summed E-state index contributed by atoms with van der Waals surface area (Å²) in [6.07, 6.45) is 0.851. The number of amides is 1. The Morgan fingerprint density at radius 3 is 2.60 bits per heavy atom. The molecular weight excluding hydrogens is 378 g/mol. The molecule has 0 N–H and O–H groups in total. The summed E-state index contributed by atoms with van der Waals surface area (Å²) in [6.45, 7) is 7.18. The van der Waals surface area contributed by atoms with E-state index in [0.717, 1.165) is 40.1 Å². The molecule has 0 aliphatic rings. The summed E-state index contributed by atoms with van der Waals surface area (Å²) in [4.78, 5) is 20.3. The van der Waals surface area contributed by atoms with Crippen molar-refractivity contribution in [2.24, 2.45) is 0 Å². The number of rotatable bonds is 9. The number of nitrogens with zero attached hydrogens (tertiary/aromatic N) is 3. The van der Waals surface area contributed by atoms with Crippen LogP contribution in [0.3, 0.4) is 0 Å². The molecule has 0 spiro atoms. The number of aryl methyl sites for hydroxylation is 2. The molecule has 1 amide bonds. The molecule has 3 rings (SSSR count). The van der Waals surface area contributed by atoms with Gasteiger partial charge in [-0.25, -0.2) is 4.98 Å². The van der Waals surface area contributed by atoms with Crippen molar-refractivity contribution in [3.8, 4) is 0 Å². The zero-order chi connectivity index (χ0) is 21.7. The Morgan fingerprint density at radius 1 is 1.13 bits per heavy atom. The molecular formula is C24H31N3O3. The van der Waals surface area contributed by atoms with E-state index in [1.54, 1.807) is 14.2 Å². The van der Waals surface area contributed by atoms with Crippen molar-refractivity contribution < 1.29 is 14.3 Å². The molecule has 1 heterocycles. The molecule has 1 aromatic heterocycles. The van der Waals surface area contributed by atoms with Gasteiger partial charge in [-0.05, 0) is 43.5 Å². The van der Waals surface area contributed by atoms with Gasteiger partial charge in [0.1, 0.15) is 19.0 Å². The lowest BCUT2D eigenvalue weighted by atomic mass is 10.0. The van der Waals surface area contributed by atoms with Gasteiger partial charge in [0.25, 0.3) is 0 Å². The molecule has 30 heavy (non-hydrogen) atoms. The normalized spacial score (nSPS) is 12.3. The highest BCUT2D eigenvalue weighted by Gasteiger charge is 2.27. The van der Waals surface area contributed by atoms with Crippen LogP contribution in [0.2, 0.25) is 0 Å². The fourth-order valence-corrected chi connectivity index (χ4v) is 4.01. The van der Waals surface area contributed by atoms with E-state index in [9.17, 15) is 4.79 Å². The van der Waals surface area contributed by atoms with Gasteiger partial charge in [-0.3, -0.25) is 4.79 Å². The Morgan fingerprint density at radius 2 is 1.90 bits per heavy atom. The Hall–Kier alpha value is -2.70. The highest BCUT2D eigenvalue weighted by Crippen LogP contribution is 2.29. The highest BCUT2D eigenvalue weighted by molar-refractivity contribution is 5.96. The summed E-state index contributed by atoms with van der Waals surface area (Å²) in [6, 6.07) is 13.9. The van der Waals surface area contributed by atoms with E-state index in [0.29, 0.717) is 13.2 Å². The van der Waals surface area contributed by atoms with Crippen molar-refractivity contribution in [3.05, 3.63) is 59.4 Å². The summed E-state index contributed by atoms with van der Waals surface area (Å²) >= 11 is 0. The smallest absolute Gasteiger partial charge is 0.247 e. The van der Waals surface area contributed by atoms with Crippen molar-refractivity contribution in [2.45, 2.75) is 46.4 Å². The van der Waals surface area contributed by atoms with Crippen molar-refractivity contribution >= 4 is 22.6 Å². The van der Waals surface area contributed by atoms with Crippen LogP contribution < -0.4 is 4.90 Å². The number of anilines is 1. The maximum atomic E-state index is 13.7. The van der Waals surface area contributed by atoms with Gasteiger partial charge in [0.05, 0.1) is 29.4 Å². The van der Waals surface area contributed by atoms with Gasteiger partial charge in [0, 0.05) is 14.2 Å². The molecule has 2 aromatic carbocycles. The minimum absolute atomic E-state index is 0.00376. The number of imidazole rings is 1. The monoisotopic (exact) mass is 409 g/mol. The third-order valence-corrected chi connectivity index (χ3v) is 5.36. The highest BCUT2D eigenvalue weighted by atomic mass is 16.5. The zero-order valence-electron chi connectivity index (χ0n) is 18.5. The number of methoxy groups -OCH3 is 2. The quantitative estimate of drug-likeness (QED) is 0.533. The number of aromatic nitrogens is 2. The summed E-state index contributed by atoms with van der Waals surface area (Å²) in [5, 5.41) is 0. The van der Waals surface area contributed by atoms with Crippen molar-refractivity contribution in [1.29, 1.82) is 0 Å². The summed E-state index contributed by atoms with van der Waals surface area (Å²) in [5.74, 6) is 0.746. The molecule has 0 saturated heterocycles. The summed E-state index contributed by atoms with van der Waals surface area (Å²) < 4.78 is 12.7. The molecule has 0 unspecified atom stereocenters. The second kappa shape index (κ2) is 9.87. The Labute approximate surface area is 178 Å². The maximum Gasteiger partial charge on any atom is 0.247 e. The van der Waals surface area contributed by atoms with Crippen LogP contribution in [0.5, 0.6) is 0 Å². The maximum absolute atomic E-state index is 13.7. The van der Waals surface area contributed by atoms with E-state index in [1.807, 2.05) is 46.7 Å². The molecule has 0 radical (unpaired) electrons. The number of carbonyl (C=O) groups is 1. The van der Waals surface area contributed by atoms with Gasteiger partial charge in [-0.2, -0.15) is 0 Å². The van der Waals surface area contributed by atoms with Crippen molar-refractivity contribution in [3.63, 3.8) is 0 Å². The molecule has 0 fully saturated rings.